The number of rotatable bonds is 4. The zero-order valence-corrected chi connectivity index (χ0v) is 25.6. The van der Waals surface area contributed by atoms with E-state index in [-0.39, 0.29) is 0 Å². The van der Waals surface area contributed by atoms with E-state index >= 15 is 0 Å². The lowest BCUT2D eigenvalue weighted by atomic mass is 9.84. The van der Waals surface area contributed by atoms with Crippen molar-refractivity contribution in [1.29, 1.82) is 0 Å². The maximum absolute atomic E-state index is 6.54. The molecule has 47 heavy (non-hydrogen) atoms. The lowest BCUT2D eigenvalue weighted by molar-refractivity contribution is 0.669. The predicted molar refractivity (Wildman–Crippen MR) is 199 cm³/mol. The van der Waals surface area contributed by atoms with E-state index in [9.17, 15) is 0 Å². The summed E-state index contributed by atoms with van der Waals surface area (Å²) in [6, 6.07) is 61.4. The first kappa shape index (κ1) is 26.1. The van der Waals surface area contributed by atoms with E-state index in [4.69, 9.17) is 4.42 Å². The predicted octanol–water partition coefficient (Wildman–Crippen LogP) is 13.2. The molecule has 0 unspecified atom stereocenters. The quantitative estimate of drug-likeness (QED) is 0.145. The van der Waals surface area contributed by atoms with Gasteiger partial charge in [-0.2, -0.15) is 0 Å². The zero-order chi connectivity index (χ0) is 30.9. The summed E-state index contributed by atoms with van der Waals surface area (Å²) in [7, 11) is 0. The van der Waals surface area contributed by atoms with Crippen molar-refractivity contribution in [3.8, 4) is 44.5 Å². The second-order valence-corrected chi connectivity index (χ2v) is 12.4. The Labute approximate surface area is 272 Å². The van der Waals surface area contributed by atoms with Crippen LogP contribution in [0.2, 0.25) is 0 Å². The van der Waals surface area contributed by atoms with Crippen molar-refractivity contribution in [3.05, 3.63) is 170 Å². The fourth-order valence-electron chi connectivity index (χ4n) is 7.82. The minimum atomic E-state index is 0.925. The summed E-state index contributed by atoms with van der Waals surface area (Å²) in [6.45, 7) is 0. The van der Waals surface area contributed by atoms with Crippen molar-refractivity contribution in [2.75, 3.05) is 0 Å². The van der Waals surface area contributed by atoms with Crippen LogP contribution in [0.5, 0.6) is 0 Å². The molecule has 1 aromatic heterocycles. The van der Waals surface area contributed by atoms with Crippen molar-refractivity contribution >= 4 is 54.3 Å². The van der Waals surface area contributed by atoms with Crippen LogP contribution in [0.3, 0.4) is 0 Å². The normalized spacial score (nSPS) is 11.8. The van der Waals surface area contributed by atoms with Crippen LogP contribution in [-0.4, -0.2) is 0 Å². The molecule has 9 aromatic carbocycles. The lowest BCUT2D eigenvalue weighted by Gasteiger charge is -2.19. The van der Waals surface area contributed by atoms with Gasteiger partial charge in [0.2, 0.25) is 0 Å². The molecule has 1 heteroatoms. The molecule has 0 radical (unpaired) electrons. The third-order valence-corrected chi connectivity index (χ3v) is 9.85. The maximum atomic E-state index is 6.54. The number of benzene rings is 9. The third-order valence-electron chi connectivity index (χ3n) is 9.85. The van der Waals surface area contributed by atoms with Gasteiger partial charge in [0.05, 0.1) is 0 Å². The van der Waals surface area contributed by atoms with Gasteiger partial charge in [-0.1, -0.05) is 146 Å². The Bertz CT molecular complexity index is 2710. The first-order valence-electron chi connectivity index (χ1n) is 16.2. The van der Waals surface area contributed by atoms with Gasteiger partial charge >= 0.3 is 0 Å². The molecule has 10 aromatic rings. The molecular weight excluding hydrogens is 569 g/mol. The highest BCUT2D eigenvalue weighted by atomic mass is 16.3. The summed E-state index contributed by atoms with van der Waals surface area (Å²) in [5.74, 6) is 0. The Balaban J connectivity index is 1.25. The molecule has 0 saturated heterocycles. The third kappa shape index (κ3) is 3.90. The SMILES string of the molecule is c1ccc(-c2cccc(-c3ccc4oc5ccc(-c6c7ccccc7c(-c7ccccc7)c7ccccc67)c6ccc3c4c56)c2)cc1. The van der Waals surface area contributed by atoms with Crippen LogP contribution < -0.4 is 0 Å². The Hall–Kier alpha value is -6.18. The van der Waals surface area contributed by atoms with E-state index in [1.54, 1.807) is 0 Å². The summed E-state index contributed by atoms with van der Waals surface area (Å²) in [5.41, 5.74) is 11.7. The molecule has 0 spiro atoms. The van der Waals surface area contributed by atoms with Crippen LogP contribution in [0, 0.1) is 0 Å². The largest absolute Gasteiger partial charge is 0.456 e. The second kappa shape index (κ2) is 10.2. The van der Waals surface area contributed by atoms with Crippen LogP contribution in [0.25, 0.3) is 98.8 Å². The molecule has 1 nitrogen and oxygen atoms in total. The Morgan fingerprint density at radius 3 is 1.36 bits per heavy atom. The molecule has 0 aliphatic carbocycles. The number of furan rings is 1. The Kier molecular flexibility index (Phi) is 5.64. The number of hydrogen-bond donors (Lipinski definition) is 0. The van der Waals surface area contributed by atoms with Crippen LogP contribution >= 0.6 is 0 Å². The first-order valence-corrected chi connectivity index (χ1v) is 16.2. The minimum absolute atomic E-state index is 0.925. The van der Waals surface area contributed by atoms with E-state index in [0.29, 0.717) is 0 Å². The fourth-order valence-corrected chi connectivity index (χ4v) is 7.82. The summed E-state index contributed by atoms with van der Waals surface area (Å²) in [5, 5.41) is 9.84. The van der Waals surface area contributed by atoms with Crippen molar-refractivity contribution in [3.63, 3.8) is 0 Å². The number of hydrogen-bond acceptors (Lipinski definition) is 1. The fraction of sp³-hybridized carbons (Fsp3) is 0. The van der Waals surface area contributed by atoms with Crippen LogP contribution in [0.4, 0.5) is 0 Å². The van der Waals surface area contributed by atoms with Gasteiger partial charge in [-0.05, 0) is 101 Å². The average Bonchev–Trinajstić information content (AvgIpc) is 3.53. The second-order valence-electron chi connectivity index (χ2n) is 12.4. The van der Waals surface area contributed by atoms with E-state index in [1.807, 2.05) is 0 Å². The molecule has 0 aliphatic heterocycles. The van der Waals surface area contributed by atoms with Crippen LogP contribution in [0.1, 0.15) is 0 Å². The van der Waals surface area contributed by atoms with Crippen LogP contribution in [-0.2, 0) is 0 Å². The van der Waals surface area contributed by atoms with E-state index in [1.165, 1.54) is 87.6 Å². The summed E-state index contributed by atoms with van der Waals surface area (Å²) < 4.78 is 6.54. The zero-order valence-electron chi connectivity index (χ0n) is 25.6. The van der Waals surface area contributed by atoms with Gasteiger partial charge < -0.3 is 4.42 Å². The van der Waals surface area contributed by atoms with Gasteiger partial charge in [-0.3, -0.25) is 0 Å². The maximum Gasteiger partial charge on any atom is 0.136 e. The topological polar surface area (TPSA) is 13.1 Å². The number of fused-ring (bicyclic) bond motifs is 2. The highest BCUT2D eigenvalue weighted by Crippen LogP contribution is 2.48. The molecule has 10 rings (SSSR count). The van der Waals surface area contributed by atoms with E-state index in [0.717, 1.165) is 11.2 Å². The molecule has 0 saturated carbocycles. The Morgan fingerprint density at radius 2 is 0.745 bits per heavy atom. The molecule has 0 aliphatic rings. The van der Waals surface area contributed by atoms with E-state index < -0.39 is 0 Å². The highest BCUT2D eigenvalue weighted by molar-refractivity contribution is 6.30. The van der Waals surface area contributed by atoms with Crippen molar-refractivity contribution in [2.24, 2.45) is 0 Å². The summed E-state index contributed by atoms with van der Waals surface area (Å²) in [6.07, 6.45) is 0. The van der Waals surface area contributed by atoms with Crippen molar-refractivity contribution < 1.29 is 4.42 Å². The Morgan fingerprint density at radius 1 is 0.277 bits per heavy atom. The smallest absolute Gasteiger partial charge is 0.136 e. The van der Waals surface area contributed by atoms with Gasteiger partial charge in [-0.15, -0.1) is 0 Å². The molecule has 0 fully saturated rings. The molecule has 0 amide bonds. The van der Waals surface area contributed by atoms with Gasteiger partial charge in [-0.25, -0.2) is 0 Å². The standard InChI is InChI=1S/C46H28O/c1-3-12-29(13-4-1)31-16-11-17-32(28-31)33-24-26-41-45-38(33)22-23-40-39(25-27-42(47-41)46(40)45)44-36-20-9-7-18-34(36)43(30-14-5-2-6-15-30)35-19-8-10-21-37(35)44/h1-28H. The van der Waals surface area contributed by atoms with Gasteiger partial charge in [0, 0.05) is 10.8 Å². The molecule has 0 N–H and O–H groups in total. The molecule has 0 atom stereocenters. The molecule has 0 bridgehead atoms. The van der Waals surface area contributed by atoms with Gasteiger partial charge in [0.1, 0.15) is 11.2 Å². The monoisotopic (exact) mass is 596 g/mol. The summed E-state index contributed by atoms with van der Waals surface area (Å²) in [4.78, 5) is 0. The lowest BCUT2D eigenvalue weighted by Crippen LogP contribution is -1.91. The van der Waals surface area contributed by atoms with Gasteiger partial charge in [0.15, 0.2) is 0 Å². The summed E-state index contributed by atoms with van der Waals surface area (Å²) >= 11 is 0. The molecular formula is C46H28O. The van der Waals surface area contributed by atoms with E-state index in [2.05, 4.69) is 170 Å². The van der Waals surface area contributed by atoms with Crippen molar-refractivity contribution in [1.82, 2.24) is 0 Å². The molecule has 218 valence electrons. The van der Waals surface area contributed by atoms with Gasteiger partial charge in [0.25, 0.3) is 0 Å². The first-order chi connectivity index (χ1) is 23.3. The minimum Gasteiger partial charge on any atom is -0.456 e. The molecule has 1 heterocycles. The average molecular weight is 597 g/mol. The highest BCUT2D eigenvalue weighted by Gasteiger charge is 2.22. The van der Waals surface area contributed by atoms with Crippen molar-refractivity contribution in [2.45, 2.75) is 0 Å². The van der Waals surface area contributed by atoms with Crippen LogP contribution in [0.15, 0.2) is 174 Å².